The fraction of sp³-hybridized carbons (Fsp3) is 0.517. The van der Waals surface area contributed by atoms with Crippen molar-refractivity contribution in [2.45, 2.75) is 71.4 Å². The van der Waals surface area contributed by atoms with Gasteiger partial charge in [0.15, 0.2) is 5.78 Å². The van der Waals surface area contributed by atoms with Gasteiger partial charge in [0.25, 0.3) is 0 Å². The molecule has 2 bridgehead atoms. The third kappa shape index (κ3) is 4.22. The number of carbonyl (C=O) groups excluding carboxylic acids is 2. The van der Waals surface area contributed by atoms with Crippen LogP contribution in [0.2, 0.25) is 0 Å². The first-order valence-corrected chi connectivity index (χ1v) is 12.3. The zero-order valence-electron chi connectivity index (χ0n) is 20.9. The normalized spacial score (nSPS) is 37.0. The van der Waals surface area contributed by atoms with E-state index in [4.69, 9.17) is 4.74 Å². The van der Waals surface area contributed by atoms with E-state index >= 15 is 0 Å². The highest BCUT2D eigenvalue weighted by molar-refractivity contribution is 5.97. The van der Waals surface area contributed by atoms with Crippen molar-refractivity contribution < 1.29 is 29.6 Å². The zero-order valence-corrected chi connectivity index (χ0v) is 20.9. The lowest BCUT2D eigenvalue weighted by molar-refractivity contribution is -0.163. The highest BCUT2D eigenvalue weighted by Crippen LogP contribution is 2.58. The van der Waals surface area contributed by atoms with Crippen molar-refractivity contribution in [1.29, 1.82) is 0 Å². The van der Waals surface area contributed by atoms with Gasteiger partial charge in [-0.1, -0.05) is 57.7 Å². The Labute approximate surface area is 207 Å². The van der Waals surface area contributed by atoms with Crippen LogP contribution >= 0.6 is 0 Å². The highest BCUT2D eigenvalue weighted by atomic mass is 16.5. The Kier molecular flexibility index (Phi) is 6.68. The summed E-state index contributed by atoms with van der Waals surface area (Å²) in [5.74, 6) is -1.77. The summed E-state index contributed by atoms with van der Waals surface area (Å²) in [4.78, 5) is 25.4. The number of rotatable bonds is 3. The molecule has 0 aromatic heterocycles. The van der Waals surface area contributed by atoms with Gasteiger partial charge in [-0.3, -0.25) is 4.79 Å². The number of Topliss-reactive ketones (excluding diaryl/α,β-unsaturated/α-hetero) is 1. The standard InChI is InChI=1S/C29H36O6/c1-16-20(30)15-19-25(32)24-17(2)21(35-22(31)12-11-18-9-7-6-8-10-18)13-14-29(24,5)27(34)26(33)23(16)28(19,3)4/h6-12,19,21,24-27,32-34H,2,13-15H2,1,3-5H3/b12-11+/t19-,21-,24-,25-,26+,27-,29+/m0/s1. The van der Waals surface area contributed by atoms with Crippen molar-refractivity contribution in [2.24, 2.45) is 22.7 Å². The van der Waals surface area contributed by atoms with E-state index in [1.54, 1.807) is 13.0 Å². The van der Waals surface area contributed by atoms with Gasteiger partial charge >= 0.3 is 5.97 Å². The second-order valence-corrected chi connectivity index (χ2v) is 11.1. The number of fused-ring (bicyclic) bond motifs is 3. The lowest BCUT2D eigenvalue weighted by Gasteiger charge is -2.58. The van der Waals surface area contributed by atoms with E-state index in [1.165, 1.54) is 6.08 Å². The van der Waals surface area contributed by atoms with Crippen LogP contribution < -0.4 is 0 Å². The summed E-state index contributed by atoms with van der Waals surface area (Å²) < 4.78 is 5.74. The molecule has 6 nitrogen and oxygen atoms in total. The molecule has 35 heavy (non-hydrogen) atoms. The fourth-order valence-electron chi connectivity index (χ4n) is 6.73. The molecular formula is C29H36O6. The van der Waals surface area contributed by atoms with Crippen LogP contribution in [-0.2, 0) is 14.3 Å². The Morgan fingerprint density at radius 1 is 1.14 bits per heavy atom. The molecule has 0 heterocycles. The quantitative estimate of drug-likeness (QED) is 0.347. The molecule has 4 rings (SSSR count). The number of hydrogen-bond donors (Lipinski definition) is 3. The Morgan fingerprint density at radius 2 is 1.80 bits per heavy atom. The maximum atomic E-state index is 12.8. The monoisotopic (exact) mass is 480 g/mol. The largest absolute Gasteiger partial charge is 0.455 e. The summed E-state index contributed by atoms with van der Waals surface area (Å²) in [5, 5.41) is 34.5. The SMILES string of the molecule is C=C1[C@@H](OC(=O)/C=C/c2ccccc2)CC[C@@]2(C)[C@@H](O)[C@H](O)C3=C(C)C(=O)C[C@@H]([C@H](O)[C@H]12)C3(C)C. The first-order chi connectivity index (χ1) is 16.4. The van der Waals surface area contributed by atoms with Crippen LogP contribution in [0.5, 0.6) is 0 Å². The molecule has 0 saturated heterocycles. The van der Waals surface area contributed by atoms with Crippen molar-refractivity contribution in [1.82, 2.24) is 0 Å². The lowest BCUT2D eigenvalue weighted by atomic mass is 9.49. The molecule has 3 N–H and O–H groups in total. The minimum absolute atomic E-state index is 0.131. The van der Waals surface area contributed by atoms with Crippen molar-refractivity contribution in [2.75, 3.05) is 0 Å². The number of carbonyl (C=O) groups is 2. The van der Waals surface area contributed by atoms with Crippen molar-refractivity contribution >= 4 is 17.8 Å². The second-order valence-electron chi connectivity index (χ2n) is 11.1. The van der Waals surface area contributed by atoms with Crippen LogP contribution in [-0.4, -0.2) is 51.5 Å². The number of ketones is 1. The number of aliphatic hydroxyl groups excluding tert-OH is 3. The summed E-state index contributed by atoms with van der Waals surface area (Å²) in [6.45, 7) is 11.6. The average molecular weight is 481 g/mol. The van der Waals surface area contributed by atoms with E-state index < -0.39 is 53.1 Å². The Morgan fingerprint density at radius 3 is 2.46 bits per heavy atom. The molecule has 0 radical (unpaired) electrons. The molecule has 188 valence electrons. The minimum atomic E-state index is -1.24. The zero-order chi connectivity index (χ0) is 25.7. The Hall–Kier alpha value is -2.54. The van der Waals surface area contributed by atoms with Gasteiger partial charge < -0.3 is 20.1 Å². The Balaban J connectivity index is 1.65. The molecule has 3 aliphatic carbocycles. The summed E-state index contributed by atoms with van der Waals surface area (Å²) in [6.07, 6.45) is -0.0747. The molecular weight excluding hydrogens is 444 g/mol. The topological polar surface area (TPSA) is 104 Å². The van der Waals surface area contributed by atoms with Gasteiger partial charge in [0.2, 0.25) is 0 Å². The van der Waals surface area contributed by atoms with Gasteiger partial charge in [-0.25, -0.2) is 4.79 Å². The number of allylic oxidation sites excluding steroid dienone is 1. The highest BCUT2D eigenvalue weighted by Gasteiger charge is 2.60. The predicted octanol–water partition coefficient (Wildman–Crippen LogP) is 3.61. The fourth-order valence-corrected chi connectivity index (χ4v) is 6.73. The summed E-state index contributed by atoms with van der Waals surface area (Å²) in [5.41, 5.74) is 0.752. The van der Waals surface area contributed by atoms with E-state index in [0.29, 0.717) is 29.6 Å². The summed E-state index contributed by atoms with van der Waals surface area (Å²) in [7, 11) is 0. The van der Waals surface area contributed by atoms with Gasteiger partial charge in [0.1, 0.15) is 12.2 Å². The van der Waals surface area contributed by atoms with Gasteiger partial charge in [0, 0.05) is 29.7 Å². The first-order valence-electron chi connectivity index (χ1n) is 12.3. The average Bonchev–Trinajstić information content (AvgIpc) is 2.81. The maximum absolute atomic E-state index is 12.8. The van der Waals surface area contributed by atoms with Crippen LogP contribution in [0.4, 0.5) is 0 Å². The van der Waals surface area contributed by atoms with Gasteiger partial charge in [-0.15, -0.1) is 0 Å². The summed E-state index contributed by atoms with van der Waals surface area (Å²) >= 11 is 0. The van der Waals surface area contributed by atoms with Gasteiger partial charge in [0.05, 0.1) is 12.2 Å². The first kappa shape index (κ1) is 25.5. The minimum Gasteiger partial charge on any atom is -0.455 e. The smallest absolute Gasteiger partial charge is 0.331 e. The molecule has 0 spiro atoms. The van der Waals surface area contributed by atoms with Crippen LogP contribution in [0.3, 0.4) is 0 Å². The molecule has 0 amide bonds. The number of ether oxygens (including phenoxy) is 1. The van der Waals surface area contributed by atoms with E-state index in [1.807, 2.05) is 51.1 Å². The van der Waals surface area contributed by atoms with Crippen molar-refractivity contribution in [3.63, 3.8) is 0 Å². The third-order valence-electron chi connectivity index (χ3n) is 8.81. The molecule has 2 saturated carbocycles. The maximum Gasteiger partial charge on any atom is 0.331 e. The van der Waals surface area contributed by atoms with Crippen LogP contribution in [0.15, 0.2) is 59.7 Å². The van der Waals surface area contributed by atoms with Crippen molar-refractivity contribution in [3.8, 4) is 0 Å². The molecule has 7 atom stereocenters. The predicted molar refractivity (Wildman–Crippen MR) is 133 cm³/mol. The van der Waals surface area contributed by atoms with Crippen LogP contribution in [0.1, 0.15) is 52.5 Å². The lowest BCUT2D eigenvalue weighted by Crippen LogP contribution is -2.62. The molecule has 6 heteroatoms. The third-order valence-corrected chi connectivity index (χ3v) is 8.81. The molecule has 1 aromatic carbocycles. The molecule has 0 unspecified atom stereocenters. The number of aliphatic hydroxyl groups is 3. The Bertz CT molecular complexity index is 1080. The number of hydrogen-bond acceptors (Lipinski definition) is 6. The molecule has 0 aliphatic heterocycles. The van der Waals surface area contributed by atoms with Crippen LogP contribution in [0, 0.1) is 22.7 Å². The van der Waals surface area contributed by atoms with E-state index in [2.05, 4.69) is 6.58 Å². The van der Waals surface area contributed by atoms with Gasteiger partial charge in [-0.2, -0.15) is 0 Å². The van der Waals surface area contributed by atoms with Crippen molar-refractivity contribution in [3.05, 3.63) is 65.3 Å². The van der Waals surface area contributed by atoms with Crippen LogP contribution in [0.25, 0.3) is 6.08 Å². The van der Waals surface area contributed by atoms with E-state index in [0.717, 1.165) is 5.56 Å². The summed E-state index contributed by atoms with van der Waals surface area (Å²) in [6, 6.07) is 9.41. The van der Waals surface area contributed by atoms with Gasteiger partial charge in [-0.05, 0) is 53.5 Å². The second kappa shape index (κ2) is 9.16. The number of esters is 1. The molecule has 2 fully saturated rings. The molecule has 1 aromatic rings. The van der Waals surface area contributed by atoms with E-state index in [9.17, 15) is 24.9 Å². The number of benzene rings is 1. The molecule has 3 aliphatic rings. The van der Waals surface area contributed by atoms with E-state index in [-0.39, 0.29) is 12.2 Å².